The van der Waals surface area contributed by atoms with Crippen molar-refractivity contribution in [3.8, 4) is 0 Å². The van der Waals surface area contributed by atoms with Crippen molar-refractivity contribution in [1.82, 2.24) is 10.3 Å². The van der Waals surface area contributed by atoms with E-state index in [2.05, 4.69) is 28.5 Å². The summed E-state index contributed by atoms with van der Waals surface area (Å²) in [7, 11) is 1.76. The van der Waals surface area contributed by atoms with Gasteiger partial charge in [0.25, 0.3) is 0 Å². The first-order valence-electron chi connectivity index (χ1n) is 6.99. The maximum Gasteiger partial charge on any atom is 0.106 e. The molecular weight excluding hydrogens is 252 g/mol. The summed E-state index contributed by atoms with van der Waals surface area (Å²) in [6.45, 7) is 3.08. The van der Waals surface area contributed by atoms with Gasteiger partial charge < -0.3 is 14.8 Å². The number of methoxy groups -OCH3 is 1. The molecule has 1 unspecified atom stereocenters. The third-order valence-electron chi connectivity index (χ3n) is 4.00. The monoisotopic (exact) mass is 272 g/mol. The second-order valence-corrected chi connectivity index (χ2v) is 5.28. The fourth-order valence-electron chi connectivity index (χ4n) is 2.70. The van der Waals surface area contributed by atoms with Gasteiger partial charge in [-0.3, -0.25) is 4.98 Å². The van der Waals surface area contributed by atoms with E-state index in [1.54, 1.807) is 7.11 Å². The molecule has 1 fully saturated rings. The second-order valence-electron chi connectivity index (χ2n) is 5.28. The van der Waals surface area contributed by atoms with Crippen LogP contribution in [0, 0.1) is 0 Å². The molecule has 0 aliphatic carbocycles. The van der Waals surface area contributed by atoms with Crippen LogP contribution in [0.15, 0.2) is 36.5 Å². The second kappa shape index (κ2) is 5.87. The van der Waals surface area contributed by atoms with E-state index < -0.39 is 0 Å². The summed E-state index contributed by atoms with van der Waals surface area (Å²) in [5, 5.41) is 4.70. The summed E-state index contributed by atoms with van der Waals surface area (Å²) in [6.07, 6.45) is 2.82. The number of ether oxygens (including phenoxy) is 2. The predicted octanol–water partition coefficient (Wildman–Crippen LogP) is 2.13. The minimum Gasteiger partial charge on any atom is -0.378 e. The van der Waals surface area contributed by atoms with Crippen LogP contribution in [-0.2, 0) is 16.0 Å². The minimum absolute atomic E-state index is 0.164. The number of nitrogens with one attached hydrogen (secondary N) is 1. The van der Waals surface area contributed by atoms with Crippen molar-refractivity contribution in [3.63, 3.8) is 0 Å². The predicted molar refractivity (Wildman–Crippen MR) is 78.6 cm³/mol. The van der Waals surface area contributed by atoms with Crippen molar-refractivity contribution in [2.24, 2.45) is 0 Å². The van der Waals surface area contributed by atoms with E-state index in [0.717, 1.165) is 31.6 Å². The number of hydrogen-bond acceptors (Lipinski definition) is 4. The Labute approximate surface area is 119 Å². The lowest BCUT2D eigenvalue weighted by Gasteiger charge is -2.26. The van der Waals surface area contributed by atoms with Crippen molar-refractivity contribution in [2.45, 2.75) is 18.6 Å². The first-order valence-corrected chi connectivity index (χ1v) is 6.99. The molecule has 2 aromatic rings. The van der Waals surface area contributed by atoms with Gasteiger partial charge in [-0.1, -0.05) is 18.2 Å². The van der Waals surface area contributed by atoms with Gasteiger partial charge >= 0.3 is 0 Å². The number of nitrogens with zero attached hydrogens (tertiary/aromatic N) is 1. The lowest BCUT2D eigenvalue weighted by molar-refractivity contribution is -0.0159. The summed E-state index contributed by atoms with van der Waals surface area (Å²) in [4.78, 5) is 4.38. The van der Waals surface area contributed by atoms with Crippen LogP contribution < -0.4 is 5.32 Å². The molecule has 20 heavy (non-hydrogen) atoms. The van der Waals surface area contributed by atoms with Gasteiger partial charge in [-0.25, -0.2) is 0 Å². The van der Waals surface area contributed by atoms with Crippen LogP contribution >= 0.6 is 0 Å². The zero-order chi connectivity index (χ0) is 13.8. The molecule has 1 N–H and O–H groups in total. The van der Waals surface area contributed by atoms with Crippen molar-refractivity contribution >= 4 is 10.9 Å². The van der Waals surface area contributed by atoms with E-state index in [9.17, 15) is 0 Å². The van der Waals surface area contributed by atoms with Crippen LogP contribution in [0.1, 0.15) is 12.0 Å². The van der Waals surface area contributed by atoms with E-state index >= 15 is 0 Å². The Hall–Kier alpha value is -1.49. The van der Waals surface area contributed by atoms with Gasteiger partial charge in [0.1, 0.15) is 5.60 Å². The fraction of sp³-hybridized carbons (Fsp3) is 0.438. The number of fused-ring (bicyclic) bond motifs is 1. The summed E-state index contributed by atoms with van der Waals surface area (Å²) < 4.78 is 11.1. The summed E-state index contributed by atoms with van der Waals surface area (Å²) in [5.41, 5.74) is 2.14. The van der Waals surface area contributed by atoms with Gasteiger partial charge in [0.15, 0.2) is 0 Å². The maximum atomic E-state index is 5.62. The molecule has 0 spiro atoms. The molecule has 1 aromatic carbocycles. The summed E-state index contributed by atoms with van der Waals surface area (Å²) in [6, 6.07) is 10.3. The highest BCUT2D eigenvalue weighted by molar-refractivity contribution is 5.81. The Kier molecular flexibility index (Phi) is 3.96. The van der Waals surface area contributed by atoms with Crippen LogP contribution in [0.2, 0.25) is 0 Å². The van der Waals surface area contributed by atoms with Crippen molar-refractivity contribution in [1.29, 1.82) is 0 Å². The molecule has 0 bridgehead atoms. The number of hydrogen-bond donors (Lipinski definition) is 1. The lowest BCUT2D eigenvalue weighted by atomic mass is 10.0. The first kappa shape index (κ1) is 13.5. The van der Waals surface area contributed by atoms with E-state index in [0.29, 0.717) is 6.61 Å². The molecule has 0 amide bonds. The molecule has 1 aliphatic heterocycles. The first-order chi connectivity index (χ1) is 9.83. The van der Waals surface area contributed by atoms with Crippen LogP contribution in [-0.4, -0.2) is 37.5 Å². The minimum atomic E-state index is -0.164. The van der Waals surface area contributed by atoms with E-state index in [1.165, 1.54) is 10.9 Å². The topological polar surface area (TPSA) is 43.4 Å². The van der Waals surface area contributed by atoms with Gasteiger partial charge in [-0.2, -0.15) is 0 Å². The molecule has 1 aromatic heterocycles. The Balaban J connectivity index is 1.68. The highest BCUT2D eigenvalue weighted by Gasteiger charge is 2.34. The van der Waals surface area contributed by atoms with Gasteiger partial charge in [-0.15, -0.1) is 0 Å². The van der Waals surface area contributed by atoms with Crippen molar-refractivity contribution < 1.29 is 9.47 Å². The van der Waals surface area contributed by atoms with Crippen LogP contribution in [0.4, 0.5) is 0 Å². The third-order valence-corrected chi connectivity index (χ3v) is 4.00. The van der Waals surface area contributed by atoms with Gasteiger partial charge in [0, 0.05) is 44.8 Å². The zero-order valence-electron chi connectivity index (χ0n) is 11.8. The third kappa shape index (κ3) is 2.68. The van der Waals surface area contributed by atoms with Crippen LogP contribution in [0.3, 0.4) is 0 Å². The van der Waals surface area contributed by atoms with Crippen molar-refractivity contribution in [3.05, 3.63) is 42.1 Å². The van der Waals surface area contributed by atoms with Gasteiger partial charge in [-0.05, 0) is 17.7 Å². The molecule has 106 valence electrons. The molecule has 0 saturated carbocycles. The highest BCUT2D eigenvalue weighted by atomic mass is 16.5. The van der Waals surface area contributed by atoms with Crippen LogP contribution in [0.5, 0.6) is 0 Å². The molecule has 4 heteroatoms. The summed E-state index contributed by atoms with van der Waals surface area (Å²) >= 11 is 0. The van der Waals surface area contributed by atoms with E-state index in [4.69, 9.17) is 9.47 Å². The smallest absolute Gasteiger partial charge is 0.106 e. The summed E-state index contributed by atoms with van der Waals surface area (Å²) in [5.74, 6) is 0. The van der Waals surface area contributed by atoms with E-state index in [1.807, 2.05) is 18.3 Å². The number of para-hydroxylation sites is 1. The molecule has 4 nitrogen and oxygen atoms in total. The molecule has 1 aliphatic rings. The normalized spacial score (nSPS) is 22.4. The average Bonchev–Trinajstić information content (AvgIpc) is 2.97. The van der Waals surface area contributed by atoms with Gasteiger partial charge in [0.05, 0.1) is 12.1 Å². The molecule has 2 heterocycles. The number of benzene rings is 1. The Bertz CT molecular complexity index is 574. The molecule has 0 radical (unpaired) electrons. The standard InChI is InChI=1S/C16H20N2O2/c1-19-16(7-9-20-12-16)11-17-10-13-6-8-18-15-5-3-2-4-14(13)15/h2-6,8,17H,7,9-12H2,1H3. The molecular formula is C16H20N2O2. The molecule has 1 saturated heterocycles. The number of pyridine rings is 1. The zero-order valence-corrected chi connectivity index (χ0v) is 11.8. The van der Waals surface area contributed by atoms with Crippen LogP contribution in [0.25, 0.3) is 10.9 Å². The Morgan fingerprint density at radius 2 is 2.25 bits per heavy atom. The molecule has 3 rings (SSSR count). The quantitative estimate of drug-likeness (QED) is 0.905. The lowest BCUT2D eigenvalue weighted by Crippen LogP contribution is -2.42. The van der Waals surface area contributed by atoms with Crippen molar-refractivity contribution in [2.75, 3.05) is 26.9 Å². The Morgan fingerprint density at radius 1 is 1.35 bits per heavy atom. The molecule has 1 atom stereocenters. The average molecular weight is 272 g/mol. The van der Waals surface area contributed by atoms with Gasteiger partial charge in [0.2, 0.25) is 0 Å². The highest BCUT2D eigenvalue weighted by Crippen LogP contribution is 2.22. The number of aromatic nitrogens is 1. The number of rotatable bonds is 5. The maximum absolute atomic E-state index is 5.62. The largest absolute Gasteiger partial charge is 0.378 e. The van der Waals surface area contributed by atoms with E-state index in [-0.39, 0.29) is 5.60 Å². The fourth-order valence-corrected chi connectivity index (χ4v) is 2.70. The Morgan fingerprint density at radius 3 is 3.05 bits per heavy atom. The SMILES string of the molecule is COC1(CNCc2ccnc3ccccc23)CCOC1.